The molecule has 0 saturated carbocycles. The highest BCUT2D eigenvalue weighted by molar-refractivity contribution is 9.16. The van der Waals surface area contributed by atoms with Gasteiger partial charge in [-0.05, 0) is 49.1 Å². The summed E-state index contributed by atoms with van der Waals surface area (Å²) in [7, 11) is 0. The van der Waals surface area contributed by atoms with E-state index in [0.717, 1.165) is 26.7 Å². The van der Waals surface area contributed by atoms with E-state index in [4.69, 9.17) is 5.26 Å². The summed E-state index contributed by atoms with van der Waals surface area (Å²) in [4.78, 5) is 19.8. The Bertz CT molecular complexity index is 941. The number of cyclic esters (lactones) is 2. The van der Waals surface area contributed by atoms with Gasteiger partial charge in [0.25, 0.3) is 0 Å². The van der Waals surface area contributed by atoms with Crippen LogP contribution in [0.1, 0.15) is 11.1 Å². The Labute approximate surface area is 186 Å². The van der Waals surface area contributed by atoms with Crippen LogP contribution < -0.4 is 0 Å². The Morgan fingerprint density at radius 3 is 1.83 bits per heavy atom. The molecule has 0 aliphatic carbocycles. The molecule has 4 nitrogen and oxygen atoms in total. The first kappa shape index (κ1) is 24.0. The minimum atomic E-state index is -0.579. The molecule has 0 aromatic heterocycles. The van der Waals surface area contributed by atoms with E-state index in [1.165, 1.54) is 11.6 Å². The lowest BCUT2D eigenvalue weighted by atomic mass is 10.2. The van der Waals surface area contributed by atoms with Gasteiger partial charge in [-0.3, -0.25) is 0 Å². The van der Waals surface area contributed by atoms with Crippen molar-refractivity contribution >= 4 is 54.4 Å². The fourth-order valence-electron chi connectivity index (χ4n) is 1.80. The smallest absolute Gasteiger partial charge is 0.338 e. The van der Waals surface area contributed by atoms with Crippen LogP contribution in [0.5, 0.6) is 0 Å². The first-order valence-corrected chi connectivity index (χ1v) is 9.84. The molecule has 0 amide bonds. The molecule has 29 heavy (non-hydrogen) atoms. The second-order valence-electron chi connectivity index (χ2n) is 5.18. The van der Waals surface area contributed by atoms with E-state index in [9.17, 15) is 9.59 Å². The van der Waals surface area contributed by atoms with Crippen molar-refractivity contribution in [2.24, 2.45) is 0 Å². The molecule has 0 spiro atoms. The third kappa shape index (κ3) is 10.2. The van der Waals surface area contributed by atoms with Crippen molar-refractivity contribution in [3.8, 4) is 6.07 Å². The molecule has 0 bridgehead atoms. The van der Waals surface area contributed by atoms with Crippen molar-refractivity contribution in [3.05, 3.63) is 107 Å². The van der Waals surface area contributed by atoms with Crippen molar-refractivity contribution < 1.29 is 14.3 Å². The van der Waals surface area contributed by atoms with Gasteiger partial charge in [-0.25, -0.2) is 9.59 Å². The van der Waals surface area contributed by atoms with Gasteiger partial charge in [0.15, 0.2) is 0 Å². The van der Waals surface area contributed by atoms with Crippen LogP contribution in [0.15, 0.2) is 96.0 Å². The number of nitrogens with zero attached hydrogens (tertiary/aromatic N) is 1. The zero-order valence-corrected chi connectivity index (χ0v) is 18.5. The van der Waals surface area contributed by atoms with Crippen molar-refractivity contribution in [2.45, 2.75) is 0 Å². The Hall–Kier alpha value is -3.01. The van der Waals surface area contributed by atoms with Crippen molar-refractivity contribution in [1.82, 2.24) is 0 Å². The van der Waals surface area contributed by atoms with Crippen LogP contribution in [0.2, 0.25) is 0 Å². The van der Waals surface area contributed by atoms with Gasteiger partial charge in [-0.15, -0.1) is 0 Å². The third-order valence-corrected chi connectivity index (χ3v) is 5.21. The number of ether oxygens (including phenoxy) is 1. The molecule has 1 heterocycles. The highest BCUT2D eigenvalue weighted by Gasteiger charge is 2.10. The van der Waals surface area contributed by atoms with Crippen LogP contribution in [0.4, 0.5) is 0 Å². The average molecular weight is 515 g/mol. The van der Waals surface area contributed by atoms with Gasteiger partial charge in [0, 0.05) is 27.2 Å². The maximum absolute atomic E-state index is 9.92. The van der Waals surface area contributed by atoms with Crippen LogP contribution in [0.3, 0.4) is 0 Å². The number of rotatable bonds is 3. The summed E-state index contributed by atoms with van der Waals surface area (Å²) < 4.78 is 5.76. The highest BCUT2D eigenvalue weighted by atomic mass is 79.9. The van der Waals surface area contributed by atoms with Crippen LogP contribution in [0.25, 0.3) is 10.6 Å². The minimum absolute atomic E-state index is 0.579. The standard InChI is InChI=1S/C11H7Br2N.C8H8.C4H2O3/c12-10(7-4-8-14)11(13)9-5-2-1-3-6-9;1-2-8-6-4-3-5-7-8;5-3-1-2-4(6)7-3/h1-7H;2-7H,1H2;1-2H. The van der Waals surface area contributed by atoms with Gasteiger partial charge in [-0.1, -0.05) is 73.3 Å². The Kier molecular flexibility index (Phi) is 11.6. The van der Waals surface area contributed by atoms with Crippen LogP contribution in [0, 0.1) is 11.3 Å². The number of nitriles is 1. The SMILES string of the molecule is C=Cc1ccccc1.N#CC=CC(Br)=C(Br)c1ccccc1.O=C1C=CC(=O)O1. The Balaban J connectivity index is 0.000000237. The summed E-state index contributed by atoms with van der Waals surface area (Å²) >= 11 is 6.83. The first-order valence-electron chi connectivity index (χ1n) is 8.26. The summed E-state index contributed by atoms with van der Waals surface area (Å²) in [6, 6.07) is 21.8. The van der Waals surface area contributed by atoms with Gasteiger partial charge < -0.3 is 4.74 Å². The molecule has 0 radical (unpaired) electrons. The molecular weight excluding hydrogens is 498 g/mol. The maximum Gasteiger partial charge on any atom is 0.338 e. The molecule has 0 saturated heterocycles. The van der Waals surface area contributed by atoms with E-state index in [1.807, 2.05) is 72.8 Å². The van der Waals surface area contributed by atoms with E-state index in [0.29, 0.717) is 0 Å². The molecule has 0 atom stereocenters. The second kappa shape index (κ2) is 14.1. The number of halogens is 2. The van der Waals surface area contributed by atoms with Gasteiger partial charge in [0.1, 0.15) is 0 Å². The van der Waals surface area contributed by atoms with Gasteiger partial charge in [0.05, 0.1) is 6.07 Å². The summed E-state index contributed by atoms with van der Waals surface area (Å²) in [5.41, 5.74) is 2.24. The van der Waals surface area contributed by atoms with Crippen LogP contribution in [-0.4, -0.2) is 11.9 Å². The molecule has 0 fully saturated rings. The van der Waals surface area contributed by atoms with Gasteiger partial charge >= 0.3 is 11.9 Å². The van der Waals surface area contributed by atoms with E-state index >= 15 is 0 Å². The number of hydrogen-bond acceptors (Lipinski definition) is 4. The van der Waals surface area contributed by atoms with E-state index in [2.05, 4.69) is 43.2 Å². The lowest BCUT2D eigenvalue weighted by Gasteiger charge is -1.99. The summed E-state index contributed by atoms with van der Waals surface area (Å²) in [6.45, 7) is 3.63. The normalized spacial score (nSPS) is 12.6. The van der Waals surface area contributed by atoms with Crippen LogP contribution >= 0.6 is 31.9 Å². The molecule has 3 rings (SSSR count). The second-order valence-corrected chi connectivity index (χ2v) is 6.83. The molecule has 146 valence electrons. The molecule has 0 N–H and O–H groups in total. The molecule has 0 unspecified atom stereocenters. The number of carbonyl (C=O) groups is 2. The predicted molar refractivity (Wildman–Crippen MR) is 123 cm³/mol. The van der Waals surface area contributed by atoms with E-state index in [-0.39, 0.29) is 0 Å². The quantitative estimate of drug-likeness (QED) is 0.212. The fraction of sp³-hybridized carbons (Fsp3) is 0. The summed E-state index contributed by atoms with van der Waals surface area (Å²) in [5.74, 6) is -1.16. The highest BCUT2D eigenvalue weighted by Crippen LogP contribution is 2.28. The number of benzene rings is 2. The molecule has 1 aliphatic heterocycles. The Morgan fingerprint density at radius 1 is 0.931 bits per heavy atom. The molecule has 2 aromatic rings. The number of esters is 2. The number of carbonyl (C=O) groups excluding carboxylic acids is 2. The summed E-state index contributed by atoms with van der Waals surface area (Å²) in [6.07, 6.45) is 7.13. The number of hydrogen-bond donors (Lipinski definition) is 0. The van der Waals surface area contributed by atoms with E-state index in [1.54, 1.807) is 6.08 Å². The van der Waals surface area contributed by atoms with Gasteiger partial charge in [-0.2, -0.15) is 5.26 Å². The van der Waals surface area contributed by atoms with Crippen molar-refractivity contribution in [2.75, 3.05) is 0 Å². The molecular formula is C23H17Br2NO3. The first-order chi connectivity index (χ1) is 14.0. The predicted octanol–water partition coefficient (Wildman–Crippen LogP) is 6.18. The molecule has 6 heteroatoms. The largest absolute Gasteiger partial charge is 0.387 e. The fourth-order valence-corrected chi connectivity index (χ4v) is 2.56. The average Bonchev–Trinajstić information content (AvgIpc) is 3.16. The lowest BCUT2D eigenvalue weighted by molar-refractivity contribution is -0.150. The van der Waals surface area contributed by atoms with Crippen molar-refractivity contribution in [1.29, 1.82) is 5.26 Å². The summed E-state index contributed by atoms with van der Waals surface area (Å²) in [5, 5.41) is 8.37. The third-order valence-electron chi connectivity index (χ3n) is 3.13. The Morgan fingerprint density at radius 2 is 1.45 bits per heavy atom. The van der Waals surface area contributed by atoms with Gasteiger partial charge in [0.2, 0.25) is 0 Å². The zero-order chi connectivity index (χ0) is 21.5. The lowest BCUT2D eigenvalue weighted by Crippen LogP contribution is -1.96. The van der Waals surface area contributed by atoms with E-state index < -0.39 is 11.9 Å². The minimum Gasteiger partial charge on any atom is -0.387 e. The topological polar surface area (TPSA) is 67.2 Å². The zero-order valence-electron chi connectivity index (χ0n) is 15.3. The molecule has 1 aliphatic rings. The number of allylic oxidation sites excluding steroid dienone is 3. The van der Waals surface area contributed by atoms with Crippen molar-refractivity contribution in [3.63, 3.8) is 0 Å². The monoisotopic (exact) mass is 513 g/mol. The van der Waals surface area contributed by atoms with Crippen LogP contribution in [-0.2, 0) is 14.3 Å². The maximum atomic E-state index is 9.92. The molecule has 2 aromatic carbocycles.